The summed E-state index contributed by atoms with van der Waals surface area (Å²) >= 11 is 6.30. The number of rotatable bonds is 3. The van der Waals surface area contributed by atoms with Gasteiger partial charge in [0.25, 0.3) is 0 Å². The number of nitrogens with one attached hydrogen (secondary N) is 1. The van der Waals surface area contributed by atoms with Crippen molar-refractivity contribution < 1.29 is 13.2 Å². The lowest BCUT2D eigenvalue weighted by atomic mass is 9.75. The van der Waals surface area contributed by atoms with E-state index in [4.69, 9.17) is 11.6 Å². The molecule has 6 rings (SSSR count). The number of nitrogens with zero attached hydrogens (tertiary/aromatic N) is 6. The molecule has 166 valence electrons. The van der Waals surface area contributed by atoms with Crippen LogP contribution in [0.3, 0.4) is 0 Å². The Balaban J connectivity index is 1.28. The van der Waals surface area contributed by atoms with Gasteiger partial charge in [0.1, 0.15) is 0 Å². The monoisotopic (exact) mass is 453 g/mol. The lowest BCUT2D eigenvalue weighted by Gasteiger charge is -2.56. The number of hydrogen-bond donors (Lipinski definition) is 1. The van der Waals surface area contributed by atoms with Crippen LogP contribution in [0.1, 0.15) is 11.4 Å². The maximum Gasteiger partial charge on any atom is 0.401 e. The minimum Gasteiger partial charge on any atom is -0.339 e. The van der Waals surface area contributed by atoms with Gasteiger partial charge in [-0.25, -0.2) is 0 Å². The van der Waals surface area contributed by atoms with Gasteiger partial charge in [-0.05, 0) is 23.8 Å². The van der Waals surface area contributed by atoms with E-state index in [1.54, 1.807) is 0 Å². The molecule has 5 heterocycles. The lowest BCUT2D eigenvalue weighted by molar-refractivity contribution is -0.161. The van der Waals surface area contributed by atoms with Crippen LogP contribution in [0, 0.1) is 5.41 Å². The van der Waals surface area contributed by atoms with Gasteiger partial charge in [0.2, 0.25) is 5.95 Å². The van der Waals surface area contributed by atoms with E-state index in [9.17, 15) is 13.2 Å². The molecule has 4 aliphatic rings. The predicted molar refractivity (Wildman–Crippen MR) is 109 cm³/mol. The standard InChI is InChI=1S/C20H23ClF3N7/c21-14-1-2-16-13(3-14)4-29(15-5-28(6-15)12-20(22,23)24)7-17-26-27-18(31(16)17)30-10-19(11-30)8-25-9-19/h1-3,15,25H,4-12H2. The molecule has 1 spiro atoms. The van der Waals surface area contributed by atoms with E-state index in [2.05, 4.69) is 29.9 Å². The summed E-state index contributed by atoms with van der Waals surface area (Å²) in [6.07, 6.45) is -4.16. The molecule has 2 aromatic rings. The van der Waals surface area contributed by atoms with Gasteiger partial charge in [-0.15, -0.1) is 10.2 Å². The molecule has 3 saturated heterocycles. The van der Waals surface area contributed by atoms with E-state index < -0.39 is 12.7 Å². The highest BCUT2D eigenvalue weighted by atomic mass is 35.5. The average Bonchev–Trinajstić information content (AvgIpc) is 2.90. The number of fused-ring (bicyclic) bond motifs is 3. The number of benzene rings is 1. The zero-order chi connectivity index (χ0) is 21.4. The van der Waals surface area contributed by atoms with Crippen LogP contribution in [0.4, 0.5) is 19.1 Å². The van der Waals surface area contributed by atoms with Crippen molar-refractivity contribution in [2.24, 2.45) is 5.41 Å². The smallest absolute Gasteiger partial charge is 0.339 e. The molecule has 3 fully saturated rings. The van der Waals surface area contributed by atoms with Crippen molar-refractivity contribution in [2.75, 3.05) is 50.7 Å². The first-order chi connectivity index (χ1) is 14.8. The Hall–Kier alpha value is -1.88. The van der Waals surface area contributed by atoms with Crippen LogP contribution in [0.25, 0.3) is 5.69 Å². The van der Waals surface area contributed by atoms with E-state index >= 15 is 0 Å². The Morgan fingerprint density at radius 2 is 1.90 bits per heavy atom. The molecule has 4 aliphatic heterocycles. The minimum atomic E-state index is -4.16. The maximum absolute atomic E-state index is 12.7. The number of aromatic nitrogens is 3. The van der Waals surface area contributed by atoms with Crippen LogP contribution in [0.2, 0.25) is 5.02 Å². The summed E-state index contributed by atoms with van der Waals surface area (Å²) in [4.78, 5) is 5.91. The third kappa shape index (κ3) is 3.40. The van der Waals surface area contributed by atoms with Gasteiger partial charge >= 0.3 is 6.18 Å². The van der Waals surface area contributed by atoms with Crippen molar-refractivity contribution in [2.45, 2.75) is 25.3 Å². The molecular formula is C20H23ClF3N7. The molecule has 0 unspecified atom stereocenters. The third-order valence-electron chi connectivity index (χ3n) is 6.91. The van der Waals surface area contributed by atoms with E-state index in [0.717, 1.165) is 49.2 Å². The summed E-state index contributed by atoms with van der Waals surface area (Å²) in [6, 6.07) is 5.86. The van der Waals surface area contributed by atoms with Gasteiger partial charge in [0, 0.05) is 62.3 Å². The van der Waals surface area contributed by atoms with E-state index in [1.807, 2.05) is 18.2 Å². The van der Waals surface area contributed by atoms with Crippen LogP contribution in [-0.4, -0.2) is 82.6 Å². The number of halogens is 4. The topological polar surface area (TPSA) is 52.5 Å². The number of alkyl halides is 3. The first kappa shape index (κ1) is 19.8. The second kappa shape index (κ2) is 6.81. The van der Waals surface area contributed by atoms with Crippen LogP contribution >= 0.6 is 11.6 Å². The first-order valence-electron chi connectivity index (χ1n) is 10.5. The molecule has 11 heteroatoms. The highest BCUT2D eigenvalue weighted by Crippen LogP contribution is 2.39. The number of anilines is 1. The Bertz CT molecular complexity index is 1000. The molecule has 0 atom stereocenters. The second-order valence-corrected chi connectivity index (χ2v) is 9.79. The summed E-state index contributed by atoms with van der Waals surface area (Å²) in [5.74, 6) is 1.66. The van der Waals surface area contributed by atoms with Gasteiger partial charge in [-0.2, -0.15) is 13.2 Å². The molecule has 1 aromatic heterocycles. The minimum absolute atomic E-state index is 0.0502. The molecule has 0 amide bonds. The fourth-order valence-corrected chi connectivity index (χ4v) is 5.43. The Morgan fingerprint density at radius 1 is 1.13 bits per heavy atom. The lowest BCUT2D eigenvalue weighted by Crippen LogP contribution is -2.71. The maximum atomic E-state index is 12.7. The van der Waals surface area contributed by atoms with Crippen LogP contribution in [0.5, 0.6) is 0 Å². The van der Waals surface area contributed by atoms with Crippen molar-refractivity contribution in [1.82, 2.24) is 29.9 Å². The van der Waals surface area contributed by atoms with Crippen molar-refractivity contribution in [3.8, 4) is 5.69 Å². The van der Waals surface area contributed by atoms with Crippen molar-refractivity contribution >= 4 is 17.5 Å². The Kier molecular flexibility index (Phi) is 4.34. The zero-order valence-corrected chi connectivity index (χ0v) is 17.6. The SMILES string of the molecule is FC(F)(F)CN1CC(N2Cc3cc(Cl)ccc3-n3c(nnc3N3CC4(CNC4)C3)C2)C1. The quantitative estimate of drug-likeness (QED) is 0.766. The van der Waals surface area contributed by atoms with Gasteiger partial charge in [-0.1, -0.05) is 11.6 Å². The van der Waals surface area contributed by atoms with Crippen molar-refractivity contribution in [1.29, 1.82) is 0 Å². The van der Waals surface area contributed by atoms with Gasteiger partial charge in [0.15, 0.2) is 5.82 Å². The summed E-state index contributed by atoms with van der Waals surface area (Å²) in [6.45, 7) is 5.12. The summed E-state index contributed by atoms with van der Waals surface area (Å²) in [7, 11) is 0. The molecule has 1 N–H and O–H groups in total. The fourth-order valence-electron chi connectivity index (χ4n) is 5.24. The number of likely N-dealkylation sites (tertiary alicyclic amines) is 1. The molecule has 0 saturated carbocycles. The fraction of sp³-hybridized carbons (Fsp3) is 0.600. The van der Waals surface area contributed by atoms with E-state index in [-0.39, 0.29) is 6.04 Å². The Morgan fingerprint density at radius 3 is 2.58 bits per heavy atom. The van der Waals surface area contributed by atoms with Crippen molar-refractivity contribution in [3.63, 3.8) is 0 Å². The Labute approximate surface area is 182 Å². The average molecular weight is 454 g/mol. The largest absolute Gasteiger partial charge is 0.401 e. The first-order valence-corrected chi connectivity index (χ1v) is 10.9. The third-order valence-corrected chi connectivity index (χ3v) is 7.14. The molecule has 0 bridgehead atoms. The van der Waals surface area contributed by atoms with Crippen LogP contribution < -0.4 is 10.2 Å². The molecule has 1 aromatic carbocycles. The van der Waals surface area contributed by atoms with E-state index in [0.29, 0.717) is 36.6 Å². The molecule has 7 nitrogen and oxygen atoms in total. The highest BCUT2D eigenvalue weighted by Gasteiger charge is 2.49. The van der Waals surface area contributed by atoms with Crippen molar-refractivity contribution in [3.05, 3.63) is 34.6 Å². The van der Waals surface area contributed by atoms with E-state index in [1.165, 1.54) is 4.90 Å². The molecule has 0 aliphatic carbocycles. The number of hydrogen-bond acceptors (Lipinski definition) is 6. The molecule has 31 heavy (non-hydrogen) atoms. The second-order valence-electron chi connectivity index (χ2n) is 9.35. The van der Waals surface area contributed by atoms with Crippen LogP contribution in [-0.2, 0) is 13.1 Å². The summed E-state index contributed by atoms with van der Waals surface area (Å²) < 4.78 is 40.2. The summed E-state index contributed by atoms with van der Waals surface area (Å²) in [5.41, 5.74) is 2.41. The predicted octanol–water partition coefficient (Wildman–Crippen LogP) is 1.89. The van der Waals surface area contributed by atoms with Gasteiger partial charge in [0.05, 0.1) is 18.8 Å². The van der Waals surface area contributed by atoms with Gasteiger partial charge < -0.3 is 10.2 Å². The van der Waals surface area contributed by atoms with Crippen LogP contribution in [0.15, 0.2) is 18.2 Å². The van der Waals surface area contributed by atoms with Gasteiger partial charge in [-0.3, -0.25) is 14.4 Å². The normalized spacial score (nSPS) is 23.5. The molecule has 0 radical (unpaired) electrons. The summed E-state index contributed by atoms with van der Waals surface area (Å²) in [5, 5.41) is 13.0. The zero-order valence-electron chi connectivity index (χ0n) is 16.9. The highest BCUT2D eigenvalue weighted by molar-refractivity contribution is 6.30. The molecular weight excluding hydrogens is 431 g/mol.